The highest BCUT2D eigenvalue weighted by Gasteiger charge is 2.23. The number of rotatable bonds is 5. The van der Waals surface area contributed by atoms with Crippen LogP contribution in [0.15, 0.2) is 48.5 Å². The second kappa shape index (κ2) is 6.94. The molecule has 4 nitrogen and oxygen atoms in total. The van der Waals surface area contributed by atoms with Crippen LogP contribution in [0.3, 0.4) is 0 Å². The Morgan fingerprint density at radius 3 is 2.88 bits per heavy atom. The van der Waals surface area contributed by atoms with E-state index in [0.717, 1.165) is 42.3 Å². The van der Waals surface area contributed by atoms with Crippen molar-refractivity contribution in [3.8, 4) is 0 Å². The van der Waals surface area contributed by atoms with Gasteiger partial charge in [0.15, 0.2) is 0 Å². The molecule has 1 aliphatic rings. The number of anilines is 1. The van der Waals surface area contributed by atoms with Crippen molar-refractivity contribution in [2.45, 2.75) is 19.4 Å². The number of thiazole rings is 1. The fraction of sp³-hybridized carbons (Fsp3) is 0.300. The SMILES string of the molecule is CN(CCC(=O)N1CCc2ccccc21)Cc1nc2ccccc2s1. The zero-order chi connectivity index (χ0) is 17.2. The average Bonchev–Trinajstić information content (AvgIpc) is 3.23. The van der Waals surface area contributed by atoms with Crippen molar-refractivity contribution in [2.75, 3.05) is 25.0 Å². The number of aromatic nitrogens is 1. The number of para-hydroxylation sites is 2. The largest absolute Gasteiger partial charge is 0.312 e. The molecule has 0 radical (unpaired) electrons. The lowest BCUT2D eigenvalue weighted by atomic mass is 10.2. The Morgan fingerprint density at radius 1 is 1.20 bits per heavy atom. The predicted molar refractivity (Wildman–Crippen MR) is 103 cm³/mol. The molecular formula is C20H21N3OS. The van der Waals surface area contributed by atoms with Gasteiger partial charge in [0, 0.05) is 25.2 Å². The van der Waals surface area contributed by atoms with Crippen LogP contribution in [0, 0.1) is 0 Å². The summed E-state index contributed by atoms with van der Waals surface area (Å²) in [6.45, 7) is 2.33. The summed E-state index contributed by atoms with van der Waals surface area (Å²) >= 11 is 1.73. The summed E-state index contributed by atoms with van der Waals surface area (Å²) in [7, 11) is 2.05. The van der Waals surface area contributed by atoms with Crippen molar-refractivity contribution in [3.05, 3.63) is 59.1 Å². The van der Waals surface area contributed by atoms with Gasteiger partial charge in [-0.25, -0.2) is 4.98 Å². The normalized spacial score (nSPS) is 13.6. The Balaban J connectivity index is 1.34. The van der Waals surface area contributed by atoms with E-state index in [9.17, 15) is 4.79 Å². The maximum absolute atomic E-state index is 12.6. The van der Waals surface area contributed by atoms with Crippen molar-refractivity contribution in [2.24, 2.45) is 0 Å². The minimum Gasteiger partial charge on any atom is -0.312 e. The molecule has 128 valence electrons. The topological polar surface area (TPSA) is 36.4 Å². The van der Waals surface area contributed by atoms with Crippen LogP contribution in [0.2, 0.25) is 0 Å². The minimum atomic E-state index is 0.209. The number of fused-ring (bicyclic) bond motifs is 2. The molecule has 0 fully saturated rings. The van der Waals surface area contributed by atoms with Crippen molar-refractivity contribution in [3.63, 3.8) is 0 Å². The molecule has 0 atom stereocenters. The van der Waals surface area contributed by atoms with Gasteiger partial charge in [-0.05, 0) is 37.2 Å². The average molecular weight is 351 g/mol. The quantitative estimate of drug-likeness (QED) is 0.703. The molecule has 0 bridgehead atoms. The number of carbonyl (C=O) groups is 1. The molecule has 2 aromatic carbocycles. The van der Waals surface area contributed by atoms with E-state index < -0.39 is 0 Å². The Kier molecular flexibility index (Phi) is 4.51. The Bertz CT molecular complexity index is 872. The van der Waals surface area contributed by atoms with Crippen LogP contribution in [-0.4, -0.2) is 35.9 Å². The number of amides is 1. The molecular weight excluding hydrogens is 330 g/mol. The summed E-state index contributed by atoms with van der Waals surface area (Å²) in [6.07, 6.45) is 1.50. The molecule has 0 spiro atoms. The third-order valence-electron chi connectivity index (χ3n) is 4.64. The standard InChI is InChI=1S/C20H21N3OS/c1-22(14-19-21-16-7-3-5-9-18(16)25-19)12-11-20(24)23-13-10-15-6-2-4-8-17(15)23/h2-9H,10-14H2,1H3. The van der Waals surface area contributed by atoms with Crippen molar-refractivity contribution in [1.29, 1.82) is 0 Å². The van der Waals surface area contributed by atoms with Crippen molar-refractivity contribution in [1.82, 2.24) is 9.88 Å². The van der Waals surface area contributed by atoms with Gasteiger partial charge < -0.3 is 4.90 Å². The van der Waals surface area contributed by atoms with Crippen LogP contribution in [0.25, 0.3) is 10.2 Å². The number of benzene rings is 2. The smallest absolute Gasteiger partial charge is 0.228 e. The molecule has 2 heterocycles. The first kappa shape index (κ1) is 16.2. The van der Waals surface area contributed by atoms with Crippen LogP contribution in [0.1, 0.15) is 17.0 Å². The number of carbonyl (C=O) groups excluding carboxylic acids is 1. The summed E-state index contributed by atoms with van der Waals surface area (Å²) in [5.41, 5.74) is 3.42. The van der Waals surface area contributed by atoms with E-state index in [1.165, 1.54) is 10.3 Å². The van der Waals surface area contributed by atoms with Gasteiger partial charge in [0.1, 0.15) is 5.01 Å². The highest BCUT2D eigenvalue weighted by atomic mass is 32.1. The molecule has 0 saturated carbocycles. The molecule has 25 heavy (non-hydrogen) atoms. The van der Waals surface area contributed by atoms with Gasteiger partial charge in [-0.3, -0.25) is 9.69 Å². The fourth-order valence-corrected chi connectivity index (χ4v) is 4.36. The number of hydrogen-bond donors (Lipinski definition) is 0. The van der Waals surface area contributed by atoms with E-state index in [-0.39, 0.29) is 5.91 Å². The second-order valence-electron chi connectivity index (χ2n) is 6.49. The second-order valence-corrected chi connectivity index (χ2v) is 7.60. The number of hydrogen-bond acceptors (Lipinski definition) is 4. The predicted octanol–water partition coefficient (Wildman–Crippen LogP) is 3.71. The lowest BCUT2D eigenvalue weighted by Crippen LogP contribution is -2.32. The molecule has 5 heteroatoms. The van der Waals surface area contributed by atoms with Crippen LogP contribution in [0.5, 0.6) is 0 Å². The Morgan fingerprint density at radius 2 is 2.00 bits per heavy atom. The van der Waals surface area contributed by atoms with Gasteiger partial charge in [-0.1, -0.05) is 30.3 Å². The zero-order valence-corrected chi connectivity index (χ0v) is 15.1. The Labute approximate surface area is 151 Å². The molecule has 3 aromatic rings. The number of nitrogens with zero attached hydrogens (tertiary/aromatic N) is 3. The highest BCUT2D eigenvalue weighted by Crippen LogP contribution is 2.28. The third-order valence-corrected chi connectivity index (χ3v) is 5.66. The van der Waals surface area contributed by atoms with Gasteiger partial charge in [-0.15, -0.1) is 11.3 Å². The van der Waals surface area contributed by atoms with Crippen LogP contribution in [-0.2, 0) is 17.8 Å². The van der Waals surface area contributed by atoms with Gasteiger partial charge >= 0.3 is 0 Å². The molecule has 4 rings (SSSR count). The van der Waals surface area contributed by atoms with E-state index in [4.69, 9.17) is 0 Å². The zero-order valence-electron chi connectivity index (χ0n) is 14.3. The van der Waals surface area contributed by atoms with Crippen LogP contribution >= 0.6 is 11.3 Å². The molecule has 0 unspecified atom stereocenters. The summed E-state index contributed by atoms with van der Waals surface area (Å²) in [5, 5.41) is 1.10. The van der Waals surface area contributed by atoms with E-state index in [1.54, 1.807) is 11.3 Å². The first-order valence-electron chi connectivity index (χ1n) is 8.62. The van der Waals surface area contributed by atoms with Crippen LogP contribution < -0.4 is 4.90 Å². The van der Waals surface area contributed by atoms with Crippen molar-refractivity contribution < 1.29 is 4.79 Å². The van der Waals surface area contributed by atoms with Gasteiger partial charge in [0.25, 0.3) is 0 Å². The van der Waals surface area contributed by atoms with Crippen LogP contribution in [0.4, 0.5) is 5.69 Å². The fourth-order valence-electron chi connectivity index (χ4n) is 3.32. The van der Waals surface area contributed by atoms with E-state index >= 15 is 0 Å². The maximum atomic E-state index is 12.6. The summed E-state index contributed by atoms with van der Waals surface area (Å²) in [4.78, 5) is 21.4. The van der Waals surface area contributed by atoms with Gasteiger partial charge in [0.2, 0.25) is 5.91 Å². The van der Waals surface area contributed by atoms with Gasteiger partial charge in [0.05, 0.1) is 16.8 Å². The lowest BCUT2D eigenvalue weighted by molar-refractivity contribution is -0.118. The molecule has 1 aromatic heterocycles. The summed E-state index contributed by atoms with van der Waals surface area (Å²) in [5.74, 6) is 0.209. The summed E-state index contributed by atoms with van der Waals surface area (Å²) in [6, 6.07) is 16.4. The molecule has 0 aliphatic carbocycles. The molecule has 1 amide bonds. The maximum Gasteiger partial charge on any atom is 0.228 e. The minimum absolute atomic E-state index is 0.209. The lowest BCUT2D eigenvalue weighted by Gasteiger charge is -2.20. The third kappa shape index (κ3) is 3.43. The van der Waals surface area contributed by atoms with E-state index in [0.29, 0.717) is 6.42 Å². The first-order valence-corrected chi connectivity index (χ1v) is 9.43. The van der Waals surface area contributed by atoms with E-state index in [2.05, 4.69) is 29.1 Å². The van der Waals surface area contributed by atoms with E-state index in [1.807, 2.05) is 41.3 Å². The first-order chi connectivity index (χ1) is 12.2. The molecule has 1 aliphatic heterocycles. The van der Waals surface area contributed by atoms with Gasteiger partial charge in [-0.2, -0.15) is 0 Å². The molecule has 0 N–H and O–H groups in total. The monoisotopic (exact) mass is 351 g/mol. The molecule has 0 saturated heterocycles. The van der Waals surface area contributed by atoms with Crippen molar-refractivity contribution >= 4 is 33.1 Å². The summed E-state index contributed by atoms with van der Waals surface area (Å²) < 4.78 is 1.22. The highest BCUT2D eigenvalue weighted by molar-refractivity contribution is 7.18. The Hall–Kier alpha value is -2.24.